The summed E-state index contributed by atoms with van der Waals surface area (Å²) < 4.78 is 0. The lowest BCUT2D eigenvalue weighted by Gasteiger charge is -2.32. The van der Waals surface area contributed by atoms with Crippen LogP contribution in [0.2, 0.25) is 0 Å². The summed E-state index contributed by atoms with van der Waals surface area (Å²) in [5.41, 5.74) is 11.3. The van der Waals surface area contributed by atoms with Crippen LogP contribution in [0.4, 0.5) is 11.6 Å². The summed E-state index contributed by atoms with van der Waals surface area (Å²) in [5.74, 6) is 0.0964. The van der Waals surface area contributed by atoms with Gasteiger partial charge >= 0.3 is 0 Å². The SMILES string of the molecule is CN1CCN(Cc2cccc(Nc3nccc(-c4ccc(C(N)=O)s4)n3)c2)CC1.Cc1ncsc1C. The van der Waals surface area contributed by atoms with Crippen molar-refractivity contribution < 1.29 is 4.79 Å². The number of thiazole rings is 1. The minimum Gasteiger partial charge on any atom is -0.365 e. The van der Waals surface area contributed by atoms with Crippen LogP contribution in [0.3, 0.4) is 0 Å². The topological polar surface area (TPSA) is 100 Å². The van der Waals surface area contributed by atoms with Crippen molar-refractivity contribution in [2.45, 2.75) is 20.4 Å². The smallest absolute Gasteiger partial charge is 0.258 e. The van der Waals surface area contributed by atoms with E-state index in [0.717, 1.165) is 54.7 Å². The van der Waals surface area contributed by atoms with Crippen LogP contribution in [0.5, 0.6) is 0 Å². The van der Waals surface area contributed by atoms with Crippen molar-refractivity contribution >= 4 is 40.2 Å². The molecule has 4 aromatic rings. The molecule has 36 heavy (non-hydrogen) atoms. The maximum absolute atomic E-state index is 11.3. The first-order valence-electron chi connectivity index (χ1n) is 11.7. The van der Waals surface area contributed by atoms with Gasteiger partial charge in [0.15, 0.2) is 0 Å². The highest BCUT2D eigenvalue weighted by atomic mass is 32.1. The quantitative estimate of drug-likeness (QED) is 0.384. The molecule has 0 radical (unpaired) electrons. The van der Waals surface area contributed by atoms with Gasteiger partial charge in [0.2, 0.25) is 5.95 Å². The van der Waals surface area contributed by atoms with E-state index < -0.39 is 5.91 Å². The van der Waals surface area contributed by atoms with Crippen LogP contribution in [0, 0.1) is 13.8 Å². The van der Waals surface area contributed by atoms with Crippen molar-refractivity contribution in [3.8, 4) is 10.6 Å². The number of aromatic nitrogens is 3. The number of amides is 1. The van der Waals surface area contributed by atoms with Gasteiger partial charge in [-0.15, -0.1) is 22.7 Å². The number of benzene rings is 1. The standard InChI is InChI=1S/C21H24N6OS.C5H7NS/c1-26-9-11-27(12-10-26)14-15-3-2-4-16(13-15)24-21-23-8-7-17(25-21)18-5-6-19(29-18)20(22)28;1-4-5(2)7-3-6-4/h2-8,13H,9-12,14H2,1H3,(H2,22,28)(H,23,24,25);3H,1-2H3. The molecule has 0 atom stereocenters. The van der Waals surface area contributed by atoms with Crippen molar-refractivity contribution in [3.63, 3.8) is 0 Å². The Bertz CT molecular complexity index is 1280. The minimum atomic E-state index is -0.425. The molecule has 4 heterocycles. The van der Waals surface area contributed by atoms with E-state index in [0.29, 0.717) is 10.8 Å². The molecule has 10 heteroatoms. The lowest BCUT2D eigenvalue weighted by Crippen LogP contribution is -2.43. The Kier molecular flexibility index (Phi) is 8.76. The van der Waals surface area contributed by atoms with E-state index in [2.05, 4.69) is 62.2 Å². The molecule has 0 unspecified atom stereocenters. The van der Waals surface area contributed by atoms with E-state index in [-0.39, 0.29) is 0 Å². The number of thiophene rings is 1. The van der Waals surface area contributed by atoms with Gasteiger partial charge in [-0.05, 0) is 56.8 Å². The number of primary amides is 1. The van der Waals surface area contributed by atoms with Crippen molar-refractivity contribution in [2.24, 2.45) is 5.73 Å². The first-order valence-corrected chi connectivity index (χ1v) is 13.4. The molecular weight excluding hydrogens is 490 g/mol. The molecule has 188 valence electrons. The first kappa shape index (κ1) is 25.9. The Morgan fingerprint density at radius 1 is 1.08 bits per heavy atom. The molecule has 3 aromatic heterocycles. The highest BCUT2D eigenvalue weighted by Crippen LogP contribution is 2.27. The molecule has 8 nitrogen and oxygen atoms in total. The predicted octanol–water partition coefficient (Wildman–Crippen LogP) is 4.55. The Morgan fingerprint density at radius 2 is 1.89 bits per heavy atom. The van der Waals surface area contributed by atoms with Crippen LogP contribution in [-0.2, 0) is 6.54 Å². The number of rotatable bonds is 6. The van der Waals surface area contributed by atoms with Crippen LogP contribution in [0.1, 0.15) is 25.8 Å². The van der Waals surface area contributed by atoms with Crippen LogP contribution in [-0.4, -0.2) is 63.9 Å². The highest BCUT2D eigenvalue weighted by molar-refractivity contribution is 7.17. The molecule has 1 aliphatic rings. The number of nitrogens with one attached hydrogen (secondary N) is 1. The summed E-state index contributed by atoms with van der Waals surface area (Å²) >= 11 is 3.02. The van der Waals surface area contributed by atoms with Gasteiger partial charge in [-0.3, -0.25) is 9.69 Å². The highest BCUT2D eigenvalue weighted by Gasteiger charge is 2.14. The fourth-order valence-electron chi connectivity index (χ4n) is 3.67. The molecule has 1 aliphatic heterocycles. The van der Waals surface area contributed by atoms with E-state index in [1.807, 2.05) is 30.6 Å². The molecule has 0 spiro atoms. The number of anilines is 2. The van der Waals surface area contributed by atoms with Gasteiger partial charge < -0.3 is 16.0 Å². The third-order valence-corrected chi connectivity index (χ3v) is 7.91. The first-order chi connectivity index (χ1) is 17.4. The van der Waals surface area contributed by atoms with Gasteiger partial charge in [0, 0.05) is 49.5 Å². The van der Waals surface area contributed by atoms with E-state index in [4.69, 9.17) is 5.73 Å². The number of nitrogens with two attached hydrogens (primary N) is 1. The van der Waals surface area contributed by atoms with E-state index in [1.165, 1.54) is 21.8 Å². The maximum Gasteiger partial charge on any atom is 0.258 e. The third kappa shape index (κ3) is 7.17. The molecule has 3 N–H and O–H groups in total. The van der Waals surface area contributed by atoms with Crippen molar-refractivity contribution in [3.05, 3.63) is 75.2 Å². The van der Waals surface area contributed by atoms with E-state index in [9.17, 15) is 4.79 Å². The number of hydrogen-bond donors (Lipinski definition) is 2. The lowest BCUT2D eigenvalue weighted by atomic mass is 10.1. The van der Waals surface area contributed by atoms with Gasteiger partial charge in [0.25, 0.3) is 5.91 Å². The average molecular weight is 522 g/mol. The maximum atomic E-state index is 11.3. The molecule has 0 aliphatic carbocycles. The van der Waals surface area contributed by atoms with Crippen LogP contribution >= 0.6 is 22.7 Å². The molecule has 1 fully saturated rings. The average Bonchev–Trinajstić information content (AvgIpc) is 3.51. The Labute approximate surface area is 219 Å². The van der Waals surface area contributed by atoms with Crippen molar-refractivity contribution in [1.29, 1.82) is 0 Å². The molecule has 1 amide bonds. The monoisotopic (exact) mass is 521 g/mol. The summed E-state index contributed by atoms with van der Waals surface area (Å²) in [5, 5.41) is 3.29. The summed E-state index contributed by atoms with van der Waals surface area (Å²) in [6, 6.07) is 13.8. The fourth-order valence-corrected chi connectivity index (χ4v) is 5.09. The van der Waals surface area contributed by atoms with Gasteiger partial charge in [-0.1, -0.05) is 12.1 Å². The number of aryl methyl sites for hydroxylation is 2. The summed E-state index contributed by atoms with van der Waals surface area (Å²) in [6.45, 7) is 9.44. The van der Waals surface area contributed by atoms with Crippen LogP contribution < -0.4 is 11.1 Å². The number of nitrogens with zero attached hydrogens (tertiary/aromatic N) is 5. The number of hydrogen-bond acceptors (Lipinski definition) is 9. The Hall–Kier alpha value is -3.18. The van der Waals surface area contributed by atoms with Gasteiger partial charge in [-0.2, -0.15) is 0 Å². The molecule has 5 rings (SSSR count). The zero-order valence-corrected chi connectivity index (χ0v) is 22.4. The normalized spacial score (nSPS) is 14.2. The van der Waals surface area contributed by atoms with Crippen LogP contribution in [0.15, 0.2) is 54.2 Å². The van der Waals surface area contributed by atoms with Crippen molar-refractivity contribution in [2.75, 3.05) is 38.5 Å². The Balaban J connectivity index is 0.000000375. The second-order valence-electron chi connectivity index (χ2n) is 8.69. The Morgan fingerprint density at radius 3 is 2.53 bits per heavy atom. The third-order valence-electron chi connectivity index (χ3n) is 5.93. The largest absolute Gasteiger partial charge is 0.365 e. The molecule has 0 bridgehead atoms. The summed E-state index contributed by atoms with van der Waals surface area (Å²) in [4.78, 5) is 31.8. The zero-order valence-electron chi connectivity index (χ0n) is 20.8. The number of carbonyl (C=O) groups is 1. The molecule has 0 saturated carbocycles. The summed E-state index contributed by atoms with van der Waals surface area (Å²) in [7, 11) is 2.17. The van der Waals surface area contributed by atoms with Gasteiger partial charge in [0.1, 0.15) is 0 Å². The van der Waals surface area contributed by atoms with Crippen LogP contribution in [0.25, 0.3) is 10.6 Å². The molecular formula is C26H31N7OS2. The second-order valence-corrected chi connectivity index (χ2v) is 10.8. The van der Waals surface area contributed by atoms with Gasteiger partial charge in [0.05, 0.1) is 26.7 Å². The zero-order chi connectivity index (χ0) is 25.5. The predicted molar refractivity (Wildman–Crippen MR) is 148 cm³/mol. The van der Waals surface area contributed by atoms with Crippen molar-refractivity contribution in [1.82, 2.24) is 24.8 Å². The molecule has 1 aromatic carbocycles. The minimum absolute atomic E-state index is 0.425. The van der Waals surface area contributed by atoms with E-state index in [1.54, 1.807) is 23.6 Å². The van der Waals surface area contributed by atoms with E-state index >= 15 is 0 Å². The summed E-state index contributed by atoms with van der Waals surface area (Å²) in [6.07, 6.45) is 1.71. The molecule has 1 saturated heterocycles. The second kappa shape index (κ2) is 12.2. The number of piperazine rings is 1. The van der Waals surface area contributed by atoms with Gasteiger partial charge in [-0.25, -0.2) is 15.0 Å². The fraction of sp³-hybridized carbons (Fsp3) is 0.308. The number of likely N-dealkylation sites (N-methyl/N-ethyl adjacent to an activating group) is 1. The number of carbonyl (C=O) groups excluding carboxylic acids is 1. The lowest BCUT2D eigenvalue weighted by molar-refractivity contribution is 0.100.